The van der Waals surface area contributed by atoms with Crippen molar-refractivity contribution in [2.75, 3.05) is 0 Å². The molecule has 0 bridgehead atoms. The molecule has 6 aromatic rings. The zero-order valence-corrected chi connectivity index (χ0v) is 13.5. The molecule has 0 fully saturated rings. The molecule has 26 heavy (non-hydrogen) atoms. The van der Waals surface area contributed by atoms with E-state index in [0.717, 1.165) is 21.5 Å². The number of fused-ring (bicyclic) bond motifs is 8. The molecule has 0 amide bonds. The molecule has 0 N–H and O–H groups in total. The Hall–Kier alpha value is -3.80. The van der Waals surface area contributed by atoms with Crippen LogP contribution in [0.4, 0.5) is 0 Å². The normalized spacial score (nSPS) is 11.8. The predicted octanol–water partition coefficient (Wildman–Crippen LogP) is 3.82. The van der Waals surface area contributed by atoms with Gasteiger partial charge in [0.2, 0.25) is 0 Å². The highest BCUT2D eigenvalue weighted by atomic mass is 15.4. The lowest BCUT2D eigenvalue weighted by molar-refractivity contribution is 0.799. The Morgan fingerprint density at radius 3 is 1.92 bits per heavy atom. The van der Waals surface area contributed by atoms with Gasteiger partial charge in [-0.1, -0.05) is 24.3 Å². The highest BCUT2D eigenvalue weighted by Gasteiger charge is 2.14. The topological polar surface area (TPSA) is 77.3 Å². The van der Waals surface area contributed by atoms with Gasteiger partial charge in [-0.05, 0) is 67.7 Å². The Balaban J connectivity index is 1.91. The second kappa shape index (κ2) is 4.86. The highest BCUT2D eigenvalue weighted by Crippen LogP contribution is 2.35. The molecule has 0 saturated heterocycles. The molecule has 0 aliphatic heterocycles. The quantitative estimate of drug-likeness (QED) is 0.310. The summed E-state index contributed by atoms with van der Waals surface area (Å²) in [5.41, 5.74) is 2.01. The van der Waals surface area contributed by atoms with Crippen LogP contribution in [0.15, 0.2) is 60.8 Å². The Bertz CT molecular complexity index is 1380. The monoisotopic (exact) mass is 334 g/mol. The minimum absolute atomic E-state index is 0.621. The van der Waals surface area contributed by atoms with Crippen LogP contribution in [-0.2, 0) is 0 Å². The molecule has 2 heterocycles. The fourth-order valence-corrected chi connectivity index (χ4v) is 3.70. The molecule has 6 rings (SSSR count). The predicted molar refractivity (Wildman–Crippen MR) is 101 cm³/mol. The Morgan fingerprint density at radius 1 is 0.500 bits per heavy atom. The van der Waals surface area contributed by atoms with Crippen LogP contribution in [0, 0.1) is 0 Å². The molecule has 0 spiro atoms. The lowest BCUT2D eigenvalue weighted by atomic mass is 9.97. The van der Waals surface area contributed by atoms with Gasteiger partial charge >= 0.3 is 0 Å². The largest absolute Gasteiger partial charge is 0.158 e. The van der Waals surface area contributed by atoms with Gasteiger partial charge in [-0.25, -0.2) is 0 Å². The van der Waals surface area contributed by atoms with Crippen molar-refractivity contribution in [1.29, 1.82) is 0 Å². The SMILES string of the molecule is c1ccc2cc3cc4c(cc3cc2c1)c1ccnnc1c1nnnnc41. The van der Waals surface area contributed by atoms with Crippen molar-refractivity contribution in [2.24, 2.45) is 0 Å². The van der Waals surface area contributed by atoms with E-state index >= 15 is 0 Å². The van der Waals surface area contributed by atoms with Crippen molar-refractivity contribution in [3.63, 3.8) is 0 Å². The van der Waals surface area contributed by atoms with Gasteiger partial charge in [0.15, 0.2) is 0 Å². The molecule has 0 aliphatic rings. The first kappa shape index (κ1) is 13.5. The first-order valence-corrected chi connectivity index (χ1v) is 8.24. The standard InChI is InChI=1S/C20H10N6/c1-2-4-12-8-14-10-17-16(9-13(14)7-11(12)3-1)15-5-6-21-22-18(15)20-19(17)23-25-26-24-20/h1-10H. The molecule has 0 radical (unpaired) electrons. The molecule has 6 heteroatoms. The summed E-state index contributed by atoms with van der Waals surface area (Å²) in [6.07, 6.45) is 1.69. The Labute approximate surface area is 146 Å². The average molecular weight is 334 g/mol. The van der Waals surface area contributed by atoms with Crippen molar-refractivity contribution in [3.05, 3.63) is 60.8 Å². The van der Waals surface area contributed by atoms with E-state index in [-0.39, 0.29) is 0 Å². The number of nitrogens with zero attached hydrogens (tertiary/aromatic N) is 6. The summed E-state index contributed by atoms with van der Waals surface area (Å²) in [5, 5.41) is 31.9. The lowest BCUT2D eigenvalue weighted by Crippen LogP contribution is -1.97. The van der Waals surface area contributed by atoms with Crippen molar-refractivity contribution in [2.45, 2.75) is 0 Å². The number of benzene rings is 4. The van der Waals surface area contributed by atoms with Gasteiger partial charge in [-0.15, -0.1) is 15.3 Å². The maximum absolute atomic E-state index is 4.27. The molecule has 0 saturated carbocycles. The summed E-state index contributed by atoms with van der Waals surface area (Å²) in [5.74, 6) is 0. The minimum Gasteiger partial charge on any atom is -0.158 e. The van der Waals surface area contributed by atoms with Gasteiger partial charge in [0, 0.05) is 10.8 Å². The van der Waals surface area contributed by atoms with E-state index < -0.39 is 0 Å². The molecular weight excluding hydrogens is 324 g/mol. The number of hydrogen-bond acceptors (Lipinski definition) is 6. The molecular formula is C20H10N6. The average Bonchev–Trinajstić information content (AvgIpc) is 2.71. The third-order valence-electron chi connectivity index (χ3n) is 4.89. The van der Waals surface area contributed by atoms with Crippen LogP contribution >= 0.6 is 0 Å². The van der Waals surface area contributed by atoms with Crippen LogP contribution in [0.5, 0.6) is 0 Å². The highest BCUT2D eigenvalue weighted by molar-refractivity contribution is 6.24. The summed E-state index contributed by atoms with van der Waals surface area (Å²) >= 11 is 0. The van der Waals surface area contributed by atoms with E-state index in [1.165, 1.54) is 16.2 Å². The van der Waals surface area contributed by atoms with Crippen molar-refractivity contribution < 1.29 is 0 Å². The van der Waals surface area contributed by atoms with Crippen LogP contribution in [-0.4, -0.2) is 30.8 Å². The summed E-state index contributed by atoms with van der Waals surface area (Å²) in [7, 11) is 0. The molecule has 0 atom stereocenters. The number of rotatable bonds is 0. The van der Waals surface area contributed by atoms with Crippen molar-refractivity contribution in [3.8, 4) is 0 Å². The third kappa shape index (κ3) is 1.75. The Kier molecular flexibility index (Phi) is 2.52. The van der Waals surface area contributed by atoms with Crippen molar-refractivity contribution >= 4 is 54.3 Å². The molecule has 0 unspecified atom stereocenters. The first-order chi connectivity index (χ1) is 12.9. The van der Waals surface area contributed by atoms with E-state index in [1.807, 2.05) is 6.07 Å². The van der Waals surface area contributed by atoms with Crippen LogP contribution < -0.4 is 0 Å². The Morgan fingerprint density at radius 2 is 1.15 bits per heavy atom. The van der Waals surface area contributed by atoms with Gasteiger partial charge < -0.3 is 0 Å². The van der Waals surface area contributed by atoms with E-state index in [1.54, 1.807) is 6.20 Å². The fourth-order valence-electron chi connectivity index (χ4n) is 3.70. The van der Waals surface area contributed by atoms with Gasteiger partial charge in [-0.2, -0.15) is 5.10 Å². The van der Waals surface area contributed by atoms with E-state index in [0.29, 0.717) is 16.6 Å². The summed E-state index contributed by atoms with van der Waals surface area (Å²) in [6, 6.07) is 19.1. The second-order valence-corrected chi connectivity index (χ2v) is 6.31. The third-order valence-corrected chi connectivity index (χ3v) is 4.89. The zero-order valence-electron chi connectivity index (χ0n) is 13.5. The maximum atomic E-state index is 4.27. The minimum atomic E-state index is 0.621. The van der Waals surface area contributed by atoms with Gasteiger partial charge in [0.1, 0.15) is 16.6 Å². The second-order valence-electron chi connectivity index (χ2n) is 6.31. The molecule has 120 valence electrons. The van der Waals surface area contributed by atoms with Gasteiger partial charge in [0.05, 0.1) is 6.20 Å². The van der Waals surface area contributed by atoms with Crippen LogP contribution in [0.3, 0.4) is 0 Å². The number of aromatic nitrogens is 6. The zero-order chi connectivity index (χ0) is 17.1. The van der Waals surface area contributed by atoms with Crippen molar-refractivity contribution in [1.82, 2.24) is 30.8 Å². The number of hydrogen-bond donors (Lipinski definition) is 0. The molecule has 4 aromatic carbocycles. The van der Waals surface area contributed by atoms with Crippen LogP contribution in [0.2, 0.25) is 0 Å². The summed E-state index contributed by atoms with van der Waals surface area (Å²) < 4.78 is 0. The smallest absolute Gasteiger partial charge is 0.144 e. The molecule has 6 nitrogen and oxygen atoms in total. The summed E-state index contributed by atoms with van der Waals surface area (Å²) in [4.78, 5) is 0. The molecule has 2 aromatic heterocycles. The van der Waals surface area contributed by atoms with Crippen LogP contribution in [0.25, 0.3) is 54.3 Å². The summed E-state index contributed by atoms with van der Waals surface area (Å²) in [6.45, 7) is 0. The van der Waals surface area contributed by atoms with Crippen LogP contribution in [0.1, 0.15) is 0 Å². The van der Waals surface area contributed by atoms with E-state index in [4.69, 9.17) is 0 Å². The van der Waals surface area contributed by atoms with E-state index in [9.17, 15) is 0 Å². The molecule has 0 aliphatic carbocycles. The first-order valence-electron chi connectivity index (χ1n) is 8.24. The van der Waals surface area contributed by atoms with E-state index in [2.05, 4.69) is 79.4 Å². The fraction of sp³-hybridized carbons (Fsp3) is 0. The lowest BCUT2D eigenvalue weighted by Gasteiger charge is -2.09. The maximum Gasteiger partial charge on any atom is 0.144 e. The van der Waals surface area contributed by atoms with Gasteiger partial charge in [0.25, 0.3) is 0 Å². The van der Waals surface area contributed by atoms with Gasteiger partial charge in [-0.3, -0.25) is 0 Å².